The van der Waals surface area contributed by atoms with Gasteiger partial charge < -0.3 is 15.0 Å². The van der Waals surface area contributed by atoms with Gasteiger partial charge in [0.1, 0.15) is 17.3 Å². The first-order valence-electron chi connectivity index (χ1n) is 6.36. The van der Waals surface area contributed by atoms with Crippen molar-refractivity contribution in [3.8, 4) is 17.0 Å². The Balaban J connectivity index is 1.78. The minimum Gasteiger partial charge on any atom is -0.493 e. The third kappa shape index (κ3) is 2.70. The van der Waals surface area contributed by atoms with E-state index in [0.717, 1.165) is 0 Å². The molecule has 100 valence electrons. The Labute approximate surface area is 110 Å². The van der Waals surface area contributed by atoms with Crippen LogP contribution < -0.4 is 10.5 Å². The number of aromatic nitrogens is 1. The second-order valence-corrected chi connectivity index (χ2v) is 4.90. The number of hydrogen-bond donors (Lipinski definition) is 1. The summed E-state index contributed by atoms with van der Waals surface area (Å²) in [5.74, 6) is 0.969. The lowest BCUT2D eigenvalue weighted by molar-refractivity contribution is 0.180. The second-order valence-electron chi connectivity index (χ2n) is 4.90. The maximum Gasteiger partial charge on any atom is 0.222 e. The summed E-state index contributed by atoms with van der Waals surface area (Å²) in [7, 11) is 0. The largest absolute Gasteiger partial charge is 0.493 e. The van der Waals surface area contributed by atoms with E-state index in [1.54, 1.807) is 12.1 Å². The molecular formula is C14H15FN2O2. The van der Waals surface area contributed by atoms with Crippen LogP contribution >= 0.6 is 0 Å². The maximum absolute atomic E-state index is 13.6. The molecule has 0 radical (unpaired) electrons. The van der Waals surface area contributed by atoms with E-state index in [1.807, 2.05) is 0 Å². The number of benzene rings is 1. The van der Waals surface area contributed by atoms with E-state index >= 15 is 0 Å². The third-order valence-electron chi connectivity index (χ3n) is 3.41. The third-order valence-corrected chi connectivity index (χ3v) is 3.41. The van der Waals surface area contributed by atoms with Gasteiger partial charge in [-0.05, 0) is 30.9 Å². The van der Waals surface area contributed by atoms with Gasteiger partial charge in [-0.3, -0.25) is 0 Å². The number of nitrogens with zero attached hydrogens (tertiary/aromatic N) is 1. The summed E-state index contributed by atoms with van der Waals surface area (Å²) in [5.41, 5.74) is 6.57. The lowest BCUT2D eigenvalue weighted by Gasteiger charge is -2.25. The zero-order valence-corrected chi connectivity index (χ0v) is 10.4. The molecule has 1 aliphatic carbocycles. The number of rotatable bonds is 4. The van der Waals surface area contributed by atoms with Crippen LogP contribution in [-0.2, 0) is 0 Å². The van der Waals surface area contributed by atoms with E-state index in [-0.39, 0.29) is 11.7 Å². The van der Waals surface area contributed by atoms with Gasteiger partial charge in [0.15, 0.2) is 0 Å². The van der Waals surface area contributed by atoms with Crippen LogP contribution in [0, 0.1) is 11.7 Å². The van der Waals surface area contributed by atoms with Gasteiger partial charge in [0, 0.05) is 17.7 Å². The van der Waals surface area contributed by atoms with Gasteiger partial charge >= 0.3 is 0 Å². The van der Waals surface area contributed by atoms with Crippen LogP contribution in [0.5, 0.6) is 5.75 Å². The SMILES string of the molecule is Nc1cc(-c2cc(F)cc(OCC3CCC3)c2)no1. The number of halogens is 1. The van der Waals surface area contributed by atoms with Crippen LogP contribution in [0.25, 0.3) is 11.3 Å². The molecule has 0 unspecified atom stereocenters. The molecule has 3 rings (SSSR count). The van der Waals surface area contributed by atoms with E-state index in [9.17, 15) is 4.39 Å². The maximum atomic E-state index is 13.6. The lowest BCUT2D eigenvalue weighted by Crippen LogP contribution is -2.19. The molecule has 4 nitrogen and oxygen atoms in total. The molecule has 0 atom stereocenters. The molecule has 2 N–H and O–H groups in total. The monoisotopic (exact) mass is 262 g/mol. The highest BCUT2D eigenvalue weighted by molar-refractivity contribution is 5.63. The Bertz CT molecular complexity index is 579. The molecule has 0 aliphatic heterocycles. The predicted molar refractivity (Wildman–Crippen MR) is 69.1 cm³/mol. The van der Waals surface area contributed by atoms with Gasteiger partial charge in [0.05, 0.1) is 6.61 Å². The zero-order valence-electron chi connectivity index (χ0n) is 10.4. The summed E-state index contributed by atoms with van der Waals surface area (Å²) in [6.07, 6.45) is 3.66. The van der Waals surface area contributed by atoms with Gasteiger partial charge in [-0.1, -0.05) is 11.6 Å². The normalized spacial score (nSPS) is 15.2. The summed E-state index contributed by atoms with van der Waals surface area (Å²) >= 11 is 0. The Morgan fingerprint density at radius 3 is 2.79 bits per heavy atom. The summed E-state index contributed by atoms with van der Waals surface area (Å²) < 4.78 is 24.0. The van der Waals surface area contributed by atoms with Crippen LogP contribution in [0.1, 0.15) is 19.3 Å². The molecule has 1 saturated carbocycles. The molecule has 1 heterocycles. The summed E-state index contributed by atoms with van der Waals surface area (Å²) in [6, 6.07) is 6.07. The quantitative estimate of drug-likeness (QED) is 0.918. The highest BCUT2D eigenvalue weighted by Crippen LogP contribution is 2.29. The molecule has 1 fully saturated rings. The molecule has 1 aliphatic rings. The smallest absolute Gasteiger partial charge is 0.222 e. The lowest BCUT2D eigenvalue weighted by atomic mass is 9.86. The molecule has 0 bridgehead atoms. The van der Waals surface area contributed by atoms with Crippen molar-refractivity contribution in [1.82, 2.24) is 5.16 Å². The number of nitrogens with two attached hydrogens (primary N) is 1. The Kier molecular flexibility index (Phi) is 3.11. The molecule has 5 heteroatoms. The highest BCUT2D eigenvalue weighted by atomic mass is 19.1. The number of anilines is 1. The van der Waals surface area contributed by atoms with E-state index < -0.39 is 0 Å². The van der Waals surface area contributed by atoms with E-state index in [2.05, 4.69) is 5.16 Å². The minimum absolute atomic E-state index is 0.205. The zero-order chi connectivity index (χ0) is 13.2. The summed E-state index contributed by atoms with van der Waals surface area (Å²) in [4.78, 5) is 0. The standard InChI is InChI=1S/C14H15FN2O2/c15-11-4-10(13-7-14(16)19-17-13)5-12(6-11)18-8-9-2-1-3-9/h4-7,9H,1-3,8,16H2. The van der Waals surface area contributed by atoms with Crippen molar-refractivity contribution < 1.29 is 13.7 Å². The highest BCUT2D eigenvalue weighted by Gasteiger charge is 2.18. The average molecular weight is 262 g/mol. The van der Waals surface area contributed by atoms with Crippen molar-refractivity contribution in [2.24, 2.45) is 5.92 Å². The predicted octanol–water partition coefficient (Wildman–Crippen LogP) is 3.24. The van der Waals surface area contributed by atoms with Gasteiger partial charge in [-0.15, -0.1) is 0 Å². The van der Waals surface area contributed by atoms with Crippen molar-refractivity contribution in [2.75, 3.05) is 12.3 Å². The molecule has 0 saturated heterocycles. The van der Waals surface area contributed by atoms with Crippen molar-refractivity contribution in [2.45, 2.75) is 19.3 Å². The van der Waals surface area contributed by atoms with Crippen molar-refractivity contribution in [1.29, 1.82) is 0 Å². The first-order valence-corrected chi connectivity index (χ1v) is 6.36. The van der Waals surface area contributed by atoms with Crippen LogP contribution in [0.3, 0.4) is 0 Å². The molecule has 0 spiro atoms. The van der Waals surface area contributed by atoms with Crippen LogP contribution in [0.2, 0.25) is 0 Å². The van der Waals surface area contributed by atoms with Crippen molar-refractivity contribution in [3.63, 3.8) is 0 Å². The van der Waals surface area contributed by atoms with Crippen LogP contribution in [-0.4, -0.2) is 11.8 Å². The minimum atomic E-state index is -0.359. The average Bonchev–Trinajstić information content (AvgIpc) is 2.73. The van der Waals surface area contributed by atoms with Gasteiger partial charge in [0.25, 0.3) is 0 Å². The molecule has 1 aromatic heterocycles. The van der Waals surface area contributed by atoms with Crippen molar-refractivity contribution in [3.05, 3.63) is 30.1 Å². The Morgan fingerprint density at radius 2 is 2.16 bits per heavy atom. The molecule has 2 aromatic rings. The Morgan fingerprint density at radius 1 is 1.32 bits per heavy atom. The van der Waals surface area contributed by atoms with Crippen LogP contribution in [0.15, 0.2) is 28.8 Å². The fourth-order valence-corrected chi connectivity index (χ4v) is 2.09. The van der Waals surface area contributed by atoms with Gasteiger partial charge in [-0.2, -0.15) is 0 Å². The molecular weight excluding hydrogens is 247 g/mol. The van der Waals surface area contributed by atoms with Crippen LogP contribution in [0.4, 0.5) is 10.3 Å². The fraction of sp³-hybridized carbons (Fsp3) is 0.357. The first-order chi connectivity index (χ1) is 9.20. The fourth-order valence-electron chi connectivity index (χ4n) is 2.09. The molecule has 19 heavy (non-hydrogen) atoms. The second kappa shape index (κ2) is 4.91. The van der Waals surface area contributed by atoms with E-state index in [0.29, 0.717) is 29.5 Å². The molecule has 1 aromatic carbocycles. The van der Waals surface area contributed by atoms with E-state index in [4.69, 9.17) is 15.0 Å². The van der Waals surface area contributed by atoms with E-state index in [1.165, 1.54) is 31.4 Å². The van der Waals surface area contributed by atoms with Crippen molar-refractivity contribution >= 4 is 5.88 Å². The summed E-state index contributed by atoms with van der Waals surface area (Å²) in [5, 5.41) is 3.77. The van der Waals surface area contributed by atoms with Gasteiger partial charge in [0.2, 0.25) is 5.88 Å². The Hall–Kier alpha value is -2.04. The molecule has 0 amide bonds. The number of hydrogen-bond acceptors (Lipinski definition) is 4. The first kappa shape index (κ1) is 12.0. The number of nitrogen functional groups attached to an aromatic ring is 1. The number of ether oxygens (including phenoxy) is 1. The topological polar surface area (TPSA) is 61.3 Å². The summed E-state index contributed by atoms with van der Waals surface area (Å²) in [6.45, 7) is 0.643. The van der Waals surface area contributed by atoms with Gasteiger partial charge in [-0.25, -0.2) is 4.39 Å².